The van der Waals surface area contributed by atoms with Crippen LogP contribution in [0, 0.1) is 13.8 Å². The van der Waals surface area contributed by atoms with Gasteiger partial charge in [0, 0.05) is 35.9 Å². The average molecular weight is 377 g/mol. The highest BCUT2D eigenvalue weighted by molar-refractivity contribution is 5.94. The predicted octanol–water partition coefficient (Wildman–Crippen LogP) is 2.96. The van der Waals surface area contributed by atoms with E-state index < -0.39 is 0 Å². The van der Waals surface area contributed by atoms with Crippen LogP contribution < -0.4 is 4.74 Å². The van der Waals surface area contributed by atoms with Crippen molar-refractivity contribution in [1.29, 1.82) is 0 Å². The number of nitrogens with zero attached hydrogens (tertiary/aromatic N) is 5. The number of benzene rings is 1. The van der Waals surface area contributed by atoms with Crippen LogP contribution in [0.15, 0.2) is 48.8 Å². The van der Waals surface area contributed by atoms with Crippen molar-refractivity contribution in [3.05, 3.63) is 65.7 Å². The minimum atomic E-state index is -0.104. The minimum absolute atomic E-state index is 0.00338. The van der Waals surface area contributed by atoms with Gasteiger partial charge in [-0.05, 0) is 57.0 Å². The zero-order chi connectivity index (χ0) is 19.5. The van der Waals surface area contributed by atoms with Crippen LogP contribution in [0.4, 0.5) is 0 Å². The number of hydrogen-bond acceptors (Lipinski definition) is 5. The van der Waals surface area contributed by atoms with Crippen molar-refractivity contribution < 1.29 is 9.53 Å². The molecule has 1 amide bonds. The van der Waals surface area contributed by atoms with Gasteiger partial charge in [0.2, 0.25) is 0 Å². The molecule has 0 spiro atoms. The Hall–Kier alpha value is -3.22. The van der Waals surface area contributed by atoms with Crippen molar-refractivity contribution in [3.63, 3.8) is 0 Å². The first kappa shape index (κ1) is 18.2. The lowest BCUT2D eigenvalue weighted by Crippen LogP contribution is -2.44. The third kappa shape index (κ3) is 4.03. The molecule has 1 aliphatic heterocycles. The van der Waals surface area contributed by atoms with Gasteiger partial charge in [0.25, 0.3) is 5.91 Å². The molecular weight excluding hydrogens is 354 g/mol. The molecule has 0 N–H and O–H groups in total. The molecule has 0 bridgehead atoms. The fraction of sp³-hybridized carbons (Fsp3) is 0.333. The lowest BCUT2D eigenvalue weighted by atomic mass is 10.1. The summed E-state index contributed by atoms with van der Waals surface area (Å²) in [5, 5.41) is 4.23. The molecule has 2 aromatic heterocycles. The molecular formula is C21H23N5O2. The van der Waals surface area contributed by atoms with Crippen molar-refractivity contribution in [3.8, 4) is 11.7 Å². The zero-order valence-electron chi connectivity index (χ0n) is 16.1. The van der Waals surface area contributed by atoms with E-state index in [0.717, 1.165) is 36.5 Å². The second kappa shape index (κ2) is 7.80. The summed E-state index contributed by atoms with van der Waals surface area (Å²) >= 11 is 0. The van der Waals surface area contributed by atoms with Crippen LogP contribution in [0.25, 0.3) is 5.69 Å². The summed E-state index contributed by atoms with van der Waals surface area (Å²) in [7, 11) is 0. The highest BCUT2D eigenvalue weighted by Gasteiger charge is 2.26. The van der Waals surface area contributed by atoms with E-state index in [1.165, 1.54) is 0 Å². The normalized spacial score (nSPS) is 16.8. The van der Waals surface area contributed by atoms with Crippen LogP contribution in [0.3, 0.4) is 0 Å². The molecule has 3 aromatic rings. The van der Waals surface area contributed by atoms with E-state index in [9.17, 15) is 4.79 Å². The Bertz CT molecular complexity index is 950. The van der Waals surface area contributed by atoms with E-state index in [0.29, 0.717) is 18.1 Å². The van der Waals surface area contributed by atoms with Crippen molar-refractivity contribution in [2.45, 2.75) is 32.8 Å². The summed E-state index contributed by atoms with van der Waals surface area (Å²) in [5.74, 6) is 0.00338. The highest BCUT2D eigenvalue weighted by Crippen LogP contribution is 2.19. The number of amides is 1. The smallest absolute Gasteiger partial charge is 0.317 e. The number of rotatable bonds is 4. The topological polar surface area (TPSA) is 73.1 Å². The molecule has 1 aliphatic rings. The SMILES string of the molecule is Cc1cc(C)nc(OC2CCCN(C(=O)c3cccc(-n4cccn4)c3)C2)n1. The van der Waals surface area contributed by atoms with Gasteiger partial charge in [-0.2, -0.15) is 5.10 Å². The maximum atomic E-state index is 13.0. The van der Waals surface area contributed by atoms with Gasteiger partial charge in [-0.15, -0.1) is 0 Å². The largest absolute Gasteiger partial charge is 0.458 e. The summed E-state index contributed by atoms with van der Waals surface area (Å²) in [6, 6.07) is 11.7. The Morgan fingerprint density at radius 1 is 1.14 bits per heavy atom. The number of piperidine rings is 1. The summed E-state index contributed by atoms with van der Waals surface area (Å²) < 4.78 is 7.73. The van der Waals surface area contributed by atoms with Crippen LogP contribution in [-0.2, 0) is 0 Å². The number of ether oxygens (including phenoxy) is 1. The van der Waals surface area contributed by atoms with E-state index in [1.54, 1.807) is 10.9 Å². The first-order valence-electron chi connectivity index (χ1n) is 9.47. The van der Waals surface area contributed by atoms with Crippen LogP contribution >= 0.6 is 0 Å². The van der Waals surface area contributed by atoms with Gasteiger partial charge in [-0.25, -0.2) is 14.6 Å². The van der Waals surface area contributed by atoms with Crippen LogP contribution in [0.1, 0.15) is 34.6 Å². The predicted molar refractivity (Wildman–Crippen MR) is 105 cm³/mol. The summed E-state index contributed by atoms with van der Waals surface area (Å²) in [5.41, 5.74) is 3.27. The summed E-state index contributed by atoms with van der Waals surface area (Å²) in [6.45, 7) is 5.09. The van der Waals surface area contributed by atoms with E-state index in [1.807, 2.05) is 61.3 Å². The molecule has 1 unspecified atom stereocenters. The molecule has 7 heteroatoms. The number of carbonyl (C=O) groups excluding carboxylic acids is 1. The van der Waals surface area contributed by atoms with Gasteiger partial charge in [0.1, 0.15) is 6.10 Å². The van der Waals surface area contributed by atoms with E-state index in [2.05, 4.69) is 15.1 Å². The molecule has 1 saturated heterocycles. The number of aryl methyl sites for hydroxylation is 2. The van der Waals surface area contributed by atoms with Gasteiger partial charge >= 0.3 is 6.01 Å². The fourth-order valence-corrected chi connectivity index (χ4v) is 3.50. The first-order valence-corrected chi connectivity index (χ1v) is 9.47. The van der Waals surface area contributed by atoms with E-state index in [4.69, 9.17) is 4.74 Å². The van der Waals surface area contributed by atoms with Crippen LogP contribution in [0.5, 0.6) is 6.01 Å². The molecule has 7 nitrogen and oxygen atoms in total. The minimum Gasteiger partial charge on any atom is -0.458 e. The number of likely N-dealkylation sites (tertiary alicyclic amines) is 1. The maximum Gasteiger partial charge on any atom is 0.317 e. The lowest BCUT2D eigenvalue weighted by Gasteiger charge is -2.32. The maximum absolute atomic E-state index is 13.0. The zero-order valence-corrected chi connectivity index (χ0v) is 16.1. The number of hydrogen-bond donors (Lipinski definition) is 0. The summed E-state index contributed by atoms with van der Waals surface area (Å²) in [6.07, 6.45) is 5.25. The summed E-state index contributed by atoms with van der Waals surface area (Å²) in [4.78, 5) is 23.6. The first-order chi connectivity index (χ1) is 13.6. The van der Waals surface area contributed by atoms with Crippen molar-refractivity contribution >= 4 is 5.91 Å². The van der Waals surface area contributed by atoms with Gasteiger partial charge in [0.15, 0.2) is 0 Å². The average Bonchev–Trinajstić information content (AvgIpc) is 3.22. The van der Waals surface area contributed by atoms with E-state index in [-0.39, 0.29) is 12.0 Å². The standard InChI is InChI=1S/C21H23N5O2/c1-15-12-16(2)24-21(23-15)28-19-8-4-10-25(14-19)20(27)17-6-3-7-18(13-17)26-11-5-9-22-26/h3,5-7,9,11-13,19H,4,8,10,14H2,1-2H3. The molecule has 3 heterocycles. The Morgan fingerprint density at radius 2 is 1.96 bits per heavy atom. The second-order valence-corrected chi connectivity index (χ2v) is 7.07. The van der Waals surface area contributed by atoms with E-state index >= 15 is 0 Å². The molecule has 28 heavy (non-hydrogen) atoms. The molecule has 0 radical (unpaired) electrons. The fourth-order valence-electron chi connectivity index (χ4n) is 3.50. The molecule has 1 fully saturated rings. The lowest BCUT2D eigenvalue weighted by molar-refractivity contribution is 0.0515. The number of aromatic nitrogens is 4. The molecule has 0 aliphatic carbocycles. The van der Waals surface area contributed by atoms with Crippen molar-refractivity contribution in [1.82, 2.24) is 24.6 Å². The van der Waals surface area contributed by atoms with Gasteiger partial charge in [-0.3, -0.25) is 4.79 Å². The second-order valence-electron chi connectivity index (χ2n) is 7.07. The quantitative estimate of drug-likeness (QED) is 0.699. The number of carbonyl (C=O) groups is 1. The Balaban J connectivity index is 1.47. The van der Waals surface area contributed by atoms with Crippen LogP contribution in [0.2, 0.25) is 0 Å². The van der Waals surface area contributed by atoms with Gasteiger partial charge < -0.3 is 9.64 Å². The van der Waals surface area contributed by atoms with Crippen LogP contribution in [-0.4, -0.2) is 49.7 Å². The Morgan fingerprint density at radius 3 is 2.71 bits per heavy atom. The molecule has 1 aromatic carbocycles. The molecule has 144 valence electrons. The molecule has 0 saturated carbocycles. The Labute approximate surface area is 164 Å². The monoisotopic (exact) mass is 377 g/mol. The molecule has 4 rings (SSSR count). The van der Waals surface area contributed by atoms with Gasteiger partial charge in [0.05, 0.1) is 12.2 Å². The van der Waals surface area contributed by atoms with Crippen molar-refractivity contribution in [2.75, 3.05) is 13.1 Å². The third-order valence-corrected chi connectivity index (χ3v) is 4.76. The van der Waals surface area contributed by atoms with Crippen molar-refractivity contribution in [2.24, 2.45) is 0 Å². The highest BCUT2D eigenvalue weighted by atomic mass is 16.5. The third-order valence-electron chi connectivity index (χ3n) is 4.76. The van der Waals surface area contributed by atoms with Gasteiger partial charge in [-0.1, -0.05) is 6.07 Å². The Kier molecular flexibility index (Phi) is 5.06. The molecule has 1 atom stereocenters.